The van der Waals surface area contributed by atoms with Gasteiger partial charge in [-0.3, -0.25) is 4.79 Å². The Bertz CT molecular complexity index is 900. The van der Waals surface area contributed by atoms with Crippen molar-refractivity contribution in [1.82, 2.24) is 15.3 Å². The second-order valence-electron chi connectivity index (χ2n) is 5.53. The van der Waals surface area contributed by atoms with Crippen molar-refractivity contribution in [2.45, 2.75) is 6.42 Å². The molecule has 0 aliphatic carbocycles. The monoisotopic (exact) mass is 354 g/mol. The number of carbonyl (C=O) groups is 1. The Kier molecular flexibility index (Phi) is 5.48. The molecule has 2 aromatic carbocycles. The second-order valence-corrected chi connectivity index (χ2v) is 5.53. The lowest BCUT2D eigenvalue weighted by molar-refractivity contribution is 0.0949. The highest BCUT2D eigenvalue weighted by Gasteiger charge is 2.09. The first kappa shape index (κ1) is 17.5. The molecule has 0 atom stereocenters. The van der Waals surface area contributed by atoms with Crippen molar-refractivity contribution in [1.29, 1.82) is 0 Å². The lowest BCUT2D eigenvalue weighted by Gasteiger charge is -2.08. The van der Waals surface area contributed by atoms with Crippen LogP contribution in [0.1, 0.15) is 16.1 Å². The Morgan fingerprint density at radius 3 is 2.54 bits per heavy atom. The predicted molar refractivity (Wildman–Crippen MR) is 94.2 cm³/mol. The molecule has 132 valence electrons. The molecule has 26 heavy (non-hydrogen) atoms. The Balaban J connectivity index is 1.59. The number of halogens is 2. The van der Waals surface area contributed by atoms with E-state index in [1.807, 2.05) is 0 Å². The number of hydrogen-bond acceptors (Lipinski definition) is 4. The van der Waals surface area contributed by atoms with Crippen molar-refractivity contribution in [3.05, 3.63) is 83.8 Å². The van der Waals surface area contributed by atoms with Crippen LogP contribution in [0.3, 0.4) is 0 Å². The number of benzene rings is 2. The smallest absolute Gasteiger partial charge is 0.270 e. The molecule has 0 spiro atoms. The van der Waals surface area contributed by atoms with E-state index < -0.39 is 5.82 Å². The van der Waals surface area contributed by atoms with Gasteiger partial charge in [-0.1, -0.05) is 24.3 Å². The van der Waals surface area contributed by atoms with Crippen molar-refractivity contribution in [2.24, 2.45) is 0 Å². The normalized spacial score (nSPS) is 10.4. The summed E-state index contributed by atoms with van der Waals surface area (Å²) in [5.74, 6) is -0.773. The highest BCUT2D eigenvalue weighted by atomic mass is 19.1. The largest absolute Gasteiger partial charge is 0.350 e. The summed E-state index contributed by atoms with van der Waals surface area (Å²) in [6, 6.07) is 13.7. The highest BCUT2D eigenvalue weighted by molar-refractivity contribution is 5.92. The molecule has 0 saturated heterocycles. The topological polar surface area (TPSA) is 66.9 Å². The van der Waals surface area contributed by atoms with Gasteiger partial charge in [-0.25, -0.2) is 18.7 Å². The minimum atomic E-state index is -0.420. The van der Waals surface area contributed by atoms with Crippen molar-refractivity contribution in [3.8, 4) is 0 Å². The second kappa shape index (κ2) is 8.15. The summed E-state index contributed by atoms with van der Waals surface area (Å²) in [6.45, 7) is 0.380. The van der Waals surface area contributed by atoms with Crippen LogP contribution in [-0.4, -0.2) is 22.4 Å². The van der Waals surface area contributed by atoms with Crippen molar-refractivity contribution in [3.63, 3.8) is 0 Å². The van der Waals surface area contributed by atoms with E-state index >= 15 is 0 Å². The number of para-hydroxylation sites is 1. The van der Waals surface area contributed by atoms with E-state index in [4.69, 9.17) is 0 Å². The summed E-state index contributed by atoms with van der Waals surface area (Å²) in [6.07, 6.45) is 1.80. The van der Waals surface area contributed by atoms with Crippen LogP contribution >= 0.6 is 0 Å². The molecule has 0 unspecified atom stereocenters. The van der Waals surface area contributed by atoms with Crippen LogP contribution in [0, 0.1) is 11.6 Å². The summed E-state index contributed by atoms with van der Waals surface area (Å²) in [5, 5.41) is 5.55. The first-order valence-electron chi connectivity index (χ1n) is 7.98. The third-order valence-electron chi connectivity index (χ3n) is 3.65. The number of rotatable bonds is 6. The Morgan fingerprint density at radius 1 is 1.00 bits per heavy atom. The molecular weight excluding hydrogens is 338 g/mol. The zero-order valence-electron chi connectivity index (χ0n) is 13.7. The van der Waals surface area contributed by atoms with Crippen molar-refractivity contribution in [2.75, 3.05) is 11.9 Å². The first-order valence-corrected chi connectivity index (χ1v) is 7.98. The minimum Gasteiger partial charge on any atom is -0.350 e. The molecule has 2 N–H and O–H groups in total. The molecule has 0 aliphatic rings. The van der Waals surface area contributed by atoms with Crippen molar-refractivity contribution < 1.29 is 13.6 Å². The summed E-state index contributed by atoms with van der Waals surface area (Å²) in [4.78, 5) is 20.1. The summed E-state index contributed by atoms with van der Waals surface area (Å²) < 4.78 is 26.5. The van der Waals surface area contributed by atoms with Gasteiger partial charge in [-0.05, 0) is 36.2 Å². The maximum atomic E-state index is 13.7. The van der Waals surface area contributed by atoms with Crippen LogP contribution in [0.4, 0.5) is 20.3 Å². The fraction of sp³-hybridized carbons (Fsp3) is 0.105. The number of nitrogens with one attached hydrogen (secondary N) is 2. The number of aromatic nitrogens is 2. The molecule has 0 saturated carbocycles. The van der Waals surface area contributed by atoms with Crippen LogP contribution in [0.15, 0.2) is 60.9 Å². The maximum absolute atomic E-state index is 13.7. The first-order chi connectivity index (χ1) is 12.6. The molecule has 3 rings (SSSR count). The molecule has 1 heterocycles. The molecule has 1 aromatic heterocycles. The third-order valence-corrected chi connectivity index (χ3v) is 3.65. The molecule has 0 fully saturated rings. The summed E-state index contributed by atoms with van der Waals surface area (Å²) in [7, 11) is 0. The molecule has 1 amide bonds. The third kappa shape index (κ3) is 4.60. The zero-order chi connectivity index (χ0) is 18.4. The SMILES string of the molecule is O=C(NCCc1ccc(F)cc1)c1cc(Nc2ccccc2F)ncn1. The van der Waals surface area contributed by atoms with E-state index in [-0.39, 0.29) is 23.1 Å². The van der Waals surface area contributed by atoms with Gasteiger partial charge < -0.3 is 10.6 Å². The van der Waals surface area contributed by atoms with Gasteiger partial charge in [-0.15, -0.1) is 0 Å². The molecule has 0 aliphatic heterocycles. The fourth-order valence-electron chi connectivity index (χ4n) is 2.31. The van der Waals surface area contributed by atoms with Gasteiger partial charge >= 0.3 is 0 Å². The van der Waals surface area contributed by atoms with Crippen LogP contribution in [0.5, 0.6) is 0 Å². The predicted octanol–water partition coefficient (Wildman–Crippen LogP) is 3.47. The maximum Gasteiger partial charge on any atom is 0.270 e. The number of carbonyl (C=O) groups excluding carboxylic acids is 1. The van der Waals surface area contributed by atoms with Crippen LogP contribution in [0.2, 0.25) is 0 Å². The quantitative estimate of drug-likeness (QED) is 0.711. The Morgan fingerprint density at radius 2 is 1.77 bits per heavy atom. The molecule has 5 nitrogen and oxygen atoms in total. The average molecular weight is 354 g/mol. The lowest BCUT2D eigenvalue weighted by atomic mass is 10.1. The van der Waals surface area contributed by atoms with Gasteiger partial charge in [0.15, 0.2) is 0 Å². The highest BCUT2D eigenvalue weighted by Crippen LogP contribution is 2.17. The number of hydrogen-bond donors (Lipinski definition) is 2. The number of nitrogens with zero attached hydrogens (tertiary/aromatic N) is 2. The summed E-state index contributed by atoms with van der Waals surface area (Å²) in [5.41, 5.74) is 1.34. The van der Waals surface area contributed by atoms with Gasteiger partial charge in [0.25, 0.3) is 5.91 Å². The minimum absolute atomic E-state index is 0.165. The number of anilines is 2. The van der Waals surface area contributed by atoms with Crippen LogP contribution in [0.25, 0.3) is 0 Å². The van der Waals surface area contributed by atoms with E-state index in [0.717, 1.165) is 5.56 Å². The van der Waals surface area contributed by atoms with Gasteiger partial charge in [0.2, 0.25) is 0 Å². The van der Waals surface area contributed by atoms with E-state index in [2.05, 4.69) is 20.6 Å². The van der Waals surface area contributed by atoms with Crippen LogP contribution in [-0.2, 0) is 6.42 Å². The Labute approximate surface area is 149 Å². The van der Waals surface area contributed by atoms with E-state index in [9.17, 15) is 13.6 Å². The lowest BCUT2D eigenvalue weighted by Crippen LogP contribution is -2.26. The Hall–Kier alpha value is -3.35. The van der Waals surface area contributed by atoms with E-state index in [0.29, 0.717) is 18.8 Å². The molecule has 3 aromatic rings. The average Bonchev–Trinajstić information content (AvgIpc) is 2.65. The van der Waals surface area contributed by atoms with E-state index in [1.54, 1.807) is 30.3 Å². The molecule has 0 bridgehead atoms. The van der Waals surface area contributed by atoms with Gasteiger partial charge in [0, 0.05) is 12.6 Å². The van der Waals surface area contributed by atoms with Gasteiger partial charge in [0.05, 0.1) is 5.69 Å². The zero-order valence-corrected chi connectivity index (χ0v) is 13.7. The standard InChI is InChI=1S/C19H16F2N4O/c20-14-7-5-13(6-8-14)9-10-22-19(26)17-11-18(24-12-23-17)25-16-4-2-1-3-15(16)21/h1-8,11-12H,9-10H2,(H,22,26)(H,23,24,25). The fourth-order valence-corrected chi connectivity index (χ4v) is 2.31. The van der Waals surface area contributed by atoms with Crippen molar-refractivity contribution >= 4 is 17.4 Å². The van der Waals surface area contributed by atoms with E-state index in [1.165, 1.54) is 30.6 Å². The molecule has 7 heteroatoms. The molecule has 0 radical (unpaired) electrons. The van der Waals surface area contributed by atoms with Crippen LogP contribution < -0.4 is 10.6 Å². The molecular formula is C19H16F2N4O. The van der Waals surface area contributed by atoms with Gasteiger partial charge in [-0.2, -0.15) is 0 Å². The van der Waals surface area contributed by atoms with Gasteiger partial charge in [0.1, 0.15) is 29.5 Å². The summed E-state index contributed by atoms with van der Waals surface area (Å²) >= 11 is 0. The number of amides is 1.